The van der Waals surface area contributed by atoms with E-state index in [2.05, 4.69) is 4.72 Å². The Hall–Kier alpha value is -1.95. The number of aliphatic hydroxyl groups excluding tert-OH is 1. The van der Waals surface area contributed by atoms with Crippen LogP contribution in [0.2, 0.25) is 0 Å². The Morgan fingerprint density at radius 2 is 1.57 bits per heavy atom. The van der Waals surface area contributed by atoms with Crippen molar-refractivity contribution in [2.45, 2.75) is 6.04 Å². The molecule has 2 rings (SSSR count). The van der Waals surface area contributed by atoms with Gasteiger partial charge in [-0.1, -0.05) is 60.7 Å². The third-order valence-electron chi connectivity index (χ3n) is 2.93. The molecule has 0 aromatic heterocycles. The minimum absolute atomic E-state index is 0.303. The van der Waals surface area contributed by atoms with Gasteiger partial charge in [0, 0.05) is 5.41 Å². The Balaban J connectivity index is 2.11. The van der Waals surface area contributed by atoms with Crippen molar-refractivity contribution in [2.24, 2.45) is 0 Å². The Kier molecular flexibility index (Phi) is 5.27. The molecule has 21 heavy (non-hydrogen) atoms. The Labute approximate surface area is 124 Å². The summed E-state index contributed by atoms with van der Waals surface area (Å²) in [4.78, 5) is 0. The molecule has 0 saturated heterocycles. The molecule has 2 aromatic carbocycles. The zero-order valence-electron chi connectivity index (χ0n) is 11.4. The highest BCUT2D eigenvalue weighted by Gasteiger charge is 2.16. The summed E-state index contributed by atoms with van der Waals surface area (Å²) in [6.07, 6.45) is 1.52. The van der Waals surface area contributed by atoms with Gasteiger partial charge in [0.1, 0.15) is 0 Å². The summed E-state index contributed by atoms with van der Waals surface area (Å²) in [7, 11) is -3.63. The normalized spacial score (nSPS) is 13.4. The highest BCUT2D eigenvalue weighted by molar-refractivity contribution is 7.92. The maximum atomic E-state index is 12.0. The highest BCUT2D eigenvalue weighted by atomic mass is 32.2. The minimum Gasteiger partial charge on any atom is -0.394 e. The van der Waals surface area contributed by atoms with Crippen molar-refractivity contribution in [1.82, 2.24) is 4.72 Å². The van der Waals surface area contributed by atoms with Gasteiger partial charge in [0.25, 0.3) is 0 Å². The van der Waals surface area contributed by atoms with Crippen molar-refractivity contribution in [3.05, 3.63) is 77.2 Å². The molecule has 2 N–H and O–H groups in total. The summed E-state index contributed by atoms with van der Waals surface area (Å²) >= 11 is 0. The predicted molar refractivity (Wildman–Crippen MR) is 83.8 cm³/mol. The van der Waals surface area contributed by atoms with E-state index in [1.54, 1.807) is 24.3 Å². The molecule has 0 bridgehead atoms. The van der Waals surface area contributed by atoms with Crippen molar-refractivity contribution in [3.63, 3.8) is 0 Å². The maximum absolute atomic E-state index is 12.0. The third-order valence-corrected chi connectivity index (χ3v) is 4.04. The molecule has 0 unspecified atom stereocenters. The second kappa shape index (κ2) is 7.17. The topological polar surface area (TPSA) is 66.4 Å². The summed E-state index contributed by atoms with van der Waals surface area (Å²) in [5.41, 5.74) is 1.51. The first-order valence-electron chi connectivity index (χ1n) is 6.52. The quantitative estimate of drug-likeness (QED) is 0.860. The van der Waals surface area contributed by atoms with Crippen LogP contribution in [-0.2, 0) is 10.0 Å². The lowest BCUT2D eigenvalue weighted by Crippen LogP contribution is -2.29. The first-order chi connectivity index (χ1) is 10.1. The Morgan fingerprint density at radius 1 is 1.00 bits per heavy atom. The van der Waals surface area contributed by atoms with E-state index in [9.17, 15) is 13.5 Å². The second-order valence-corrected chi connectivity index (χ2v) is 6.12. The van der Waals surface area contributed by atoms with Gasteiger partial charge in [-0.2, -0.15) is 0 Å². The molecular weight excluding hydrogens is 286 g/mol. The molecule has 0 amide bonds. The summed E-state index contributed by atoms with van der Waals surface area (Å²) < 4.78 is 26.5. The molecule has 0 fully saturated rings. The molecule has 110 valence electrons. The van der Waals surface area contributed by atoms with Crippen LogP contribution in [0.3, 0.4) is 0 Å². The van der Waals surface area contributed by atoms with Gasteiger partial charge in [-0.15, -0.1) is 0 Å². The molecule has 1 atom stereocenters. The van der Waals surface area contributed by atoms with Crippen molar-refractivity contribution in [2.75, 3.05) is 6.61 Å². The third kappa shape index (κ3) is 4.82. The van der Waals surface area contributed by atoms with Crippen molar-refractivity contribution < 1.29 is 13.5 Å². The number of benzene rings is 2. The van der Waals surface area contributed by atoms with E-state index < -0.39 is 16.1 Å². The van der Waals surface area contributed by atoms with E-state index in [4.69, 9.17) is 0 Å². The molecule has 0 saturated carbocycles. The highest BCUT2D eigenvalue weighted by Crippen LogP contribution is 2.13. The number of aliphatic hydroxyl groups is 1. The van der Waals surface area contributed by atoms with Gasteiger partial charge in [-0.05, 0) is 17.2 Å². The molecule has 0 aliphatic carbocycles. The van der Waals surface area contributed by atoms with Gasteiger partial charge in [-0.3, -0.25) is 0 Å². The maximum Gasteiger partial charge on any atom is 0.234 e. The molecule has 0 radical (unpaired) electrons. The monoisotopic (exact) mass is 303 g/mol. The Bertz CT molecular complexity index is 682. The molecule has 2 aromatic rings. The predicted octanol–water partition coefficient (Wildman–Crippen LogP) is 2.31. The van der Waals surface area contributed by atoms with E-state index in [0.29, 0.717) is 0 Å². The van der Waals surface area contributed by atoms with Crippen molar-refractivity contribution in [3.8, 4) is 0 Å². The number of sulfonamides is 1. The molecule has 0 aliphatic heterocycles. The van der Waals surface area contributed by atoms with Crippen LogP contribution in [0.4, 0.5) is 0 Å². The fraction of sp³-hybridized carbons (Fsp3) is 0.125. The van der Waals surface area contributed by atoms with E-state index >= 15 is 0 Å². The lowest BCUT2D eigenvalue weighted by atomic mass is 10.1. The molecular formula is C16H17NO3S. The number of hydrogen-bond donors (Lipinski definition) is 2. The van der Waals surface area contributed by atoms with Crippen LogP contribution in [0.15, 0.2) is 66.1 Å². The molecule has 0 heterocycles. The zero-order chi connectivity index (χ0) is 15.1. The largest absolute Gasteiger partial charge is 0.394 e. The summed E-state index contributed by atoms with van der Waals surface area (Å²) in [5.74, 6) is 0. The smallest absolute Gasteiger partial charge is 0.234 e. The van der Waals surface area contributed by atoms with E-state index in [-0.39, 0.29) is 6.61 Å². The van der Waals surface area contributed by atoms with E-state index in [0.717, 1.165) is 16.5 Å². The van der Waals surface area contributed by atoms with Gasteiger partial charge in [0.15, 0.2) is 0 Å². The zero-order valence-corrected chi connectivity index (χ0v) is 12.2. The summed E-state index contributed by atoms with van der Waals surface area (Å²) in [6.45, 7) is -0.303. The van der Waals surface area contributed by atoms with Gasteiger partial charge in [0.2, 0.25) is 10.0 Å². The number of rotatable bonds is 6. The van der Waals surface area contributed by atoms with E-state index in [1.807, 2.05) is 36.4 Å². The summed E-state index contributed by atoms with van der Waals surface area (Å²) in [5, 5.41) is 10.5. The molecule has 0 spiro atoms. The first kappa shape index (κ1) is 15.4. The minimum atomic E-state index is -3.63. The van der Waals surface area contributed by atoms with Gasteiger partial charge in [0.05, 0.1) is 12.6 Å². The van der Waals surface area contributed by atoms with Crippen LogP contribution in [0.25, 0.3) is 6.08 Å². The lowest BCUT2D eigenvalue weighted by Gasteiger charge is -2.15. The fourth-order valence-electron chi connectivity index (χ4n) is 1.87. The van der Waals surface area contributed by atoms with Gasteiger partial charge < -0.3 is 5.11 Å². The Morgan fingerprint density at radius 3 is 2.14 bits per heavy atom. The van der Waals surface area contributed by atoms with Gasteiger partial charge >= 0.3 is 0 Å². The number of hydrogen-bond acceptors (Lipinski definition) is 3. The van der Waals surface area contributed by atoms with Crippen molar-refractivity contribution >= 4 is 16.1 Å². The molecule has 5 heteroatoms. The standard InChI is InChI=1S/C16H17NO3S/c18-13-16(15-9-5-2-6-10-15)17-21(19,20)12-11-14-7-3-1-4-8-14/h1-12,16-18H,13H2/b12-11+/t16-/m0/s1. The summed E-state index contributed by atoms with van der Waals surface area (Å²) in [6, 6.07) is 17.5. The molecule has 4 nitrogen and oxygen atoms in total. The molecule has 0 aliphatic rings. The van der Waals surface area contributed by atoms with Crippen LogP contribution < -0.4 is 4.72 Å². The average molecular weight is 303 g/mol. The van der Waals surface area contributed by atoms with Crippen LogP contribution in [0, 0.1) is 0 Å². The average Bonchev–Trinajstić information content (AvgIpc) is 2.53. The van der Waals surface area contributed by atoms with Crippen molar-refractivity contribution in [1.29, 1.82) is 0 Å². The van der Waals surface area contributed by atoms with E-state index in [1.165, 1.54) is 6.08 Å². The number of nitrogens with one attached hydrogen (secondary N) is 1. The van der Waals surface area contributed by atoms with Gasteiger partial charge in [-0.25, -0.2) is 13.1 Å². The second-order valence-electron chi connectivity index (χ2n) is 4.52. The fourth-order valence-corrected chi connectivity index (χ4v) is 2.89. The lowest BCUT2D eigenvalue weighted by molar-refractivity contribution is 0.259. The SMILES string of the molecule is O=S(=O)(/C=C/c1ccccc1)N[C@@H](CO)c1ccccc1. The van der Waals surface area contributed by atoms with Crippen LogP contribution in [-0.4, -0.2) is 20.1 Å². The first-order valence-corrected chi connectivity index (χ1v) is 8.06. The van der Waals surface area contributed by atoms with Crippen LogP contribution in [0.5, 0.6) is 0 Å². The van der Waals surface area contributed by atoms with Crippen LogP contribution >= 0.6 is 0 Å². The van der Waals surface area contributed by atoms with Crippen LogP contribution in [0.1, 0.15) is 17.2 Å².